The van der Waals surface area contributed by atoms with E-state index >= 15 is 0 Å². The molecule has 0 saturated carbocycles. The molecule has 1 rings (SSSR count). The Hall–Kier alpha value is -1.55. The largest absolute Gasteiger partial charge is 0.496 e. The van der Waals surface area contributed by atoms with E-state index in [1.807, 2.05) is 13.8 Å². The number of aliphatic carboxylic acids is 1. The van der Waals surface area contributed by atoms with Crippen LogP contribution in [0.15, 0.2) is 12.1 Å². The van der Waals surface area contributed by atoms with Gasteiger partial charge in [-0.25, -0.2) is 0 Å². The van der Waals surface area contributed by atoms with Gasteiger partial charge in [0.25, 0.3) is 0 Å². The van der Waals surface area contributed by atoms with Crippen molar-refractivity contribution in [1.82, 2.24) is 0 Å². The molecular formula is C12H17NO3. The molecule has 1 unspecified atom stereocenters. The topological polar surface area (TPSA) is 72.5 Å². The van der Waals surface area contributed by atoms with Crippen LogP contribution in [0.3, 0.4) is 0 Å². The quantitative estimate of drug-likeness (QED) is 0.810. The molecule has 0 saturated heterocycles. The number of carbonyl (C=O) groups is 1. The maximum atomic E-state index is 11.0. The average Bonchev–Trinajstić information content (AvgIpc) is 2.25. The van der Waals surface area contributed by atoms with Crippen LogP contribution in [-0.2, 0) is 4.79 Å². The minimum absolute atomic E-state index is 0.0991. The van der Waals surface area contributed by atoms with Crippen molar-refractivity contribution in [2.45, 2.75) is 19.8 Å². The smallest absolute Gasteiger partial charge is 0.312 e. The summed E-state index contributed by atoms with van der Waals surface area (Å²) in [7, 11) is 1.60. The number of ether oxygens (including phenoxy) is 1. The minimum atomic E-state index is -0.893. The summed E-state index contributed by atoms with van der Waals surface area (Å²) in [5.41, 5.74) is 8.13. The van der Waals surface area contributed by atoms with Gasteiger partial charge in [0.05, 0.1) is 13.0 Å². The van der Waals surface area contributed by atoms with Crippen LogP contribution in [0, 0.1) is 13.8 Å². The van der Waals surface area contributed by atoms with E-state index < -0.39 is 11.9 Å². The lowest BCUT2D eigenvalue weighted by Gasteiger charge is -2.16. The van der Waals surface area contributed by atoms with Crippen LogP contribution in [0.25, 0.3) is 0 Å². The number of methoxy groups -OCH3 is 1. The second-order valence-corrected chi connectivity index (χ2v) is 3.73. The SMILES string of the molecule is COc1ccc(C(CN)C(=O)O)c(C)c1C. The maximum Gasteiger partial charge on any atom is 0.312 e. The van der Waals surface area contributed by atoms with E-state index in [1.165, 1.54) is 0 Å². The first kappa shape index (κ1) is 12.5. The molecule has 88 valence electrons. The molecule has 0 heterocycles. The van der Waals surface area contributed by atoms with Gasteiger partial charge in [0.1, 0.15) is 5.75 Å². The molecule has 4 heteroatoms. The van der Waals surface area contributed by atoms with Gasteiger partial charge in [-0.1, -0.05) is 6.07 Å². The summed E-state index contributed by atoms with van der Waals surface area (Å²) in [6.45, 7) is 3.90. The molecule has 4 nitrogen and oxygen atoms in total. The van der Waals surface area contributed by atoms with Crippen LogP contribution >= 0.6 is 0 Å². The highest BCUT2D eigenvalue weighted by molar-refractivity contribution is 5.77. The highest BCUT2D eigenvalue weighted by Gasteiger charge is 2.21. The number of rotatable bonds is 4. The van der Waals surface area contributed by atoms with E-state index in [9.17, 15) is 4.79 Å². The highest BCUT2D eigenvalue weighted by atomic mass is 16.5. The molecule has 0 aliphatic heterocycles. The van der Waals surface area contributed by atoms with Crippen LogP contribution in [-0.4, -0.2) is 24.7 Å². The van der Waals surface area contributed by atoms with Gasteiger partial charge in [-0.05, 0) is 36.6 Å². The first-order valence-corrected chi connectivity index (χ1v) is 5.09. The fraction of sp³-hybridized carbons (Fsp3) is 0.417. The van der Waals surface area contributed by atoms with Gasteiger partial charge in [-0.2, -0.15) is 0 Å². The van der Waals surface area contributed by atoms with Crippen molar-refractivity contribution in [2.75, 3.05) is 13.7 Å². The number of benzene rings is 1. The van der Waals surface area contributed by atoms with E-state index in [2.05, 4.69) is 0 Å². The lowest BCUT2D eigenvalue weighted by atomic mass is 9.92. The van der Waals surface area contributed by atoms with Gasteiger partial charge in [0.2, 0.25) is 0 Å². The van der Waals surface area contributed by atoms with Crippen LogP contribution in [0.5, 0.6) is 5.75 Å². The number of carboxylic acid groups (broad SMARTS) is 1. The van der Waals surface area contributed by atoms with Gasteiger partial charge in [-0.15, -0.1) is 0 Å². The molecule has 0 amide bonds. The molecular weight excluding hydrogens is 206 g/mol. The second kappa shape index (κ2) is 4.99. The third kappa shape index (κ3) is 2.17. The van der Waals surface area contributed by atoms with Gasteiger partial charge in [0, 0.05) is 6.54 Å². The average molecular weight is 223 g/mol. The number of hydrogen-bond acceptors (Lipinski definition) is 3. The van der Waals surface area contributed by atoms with Crippen molar-refractivity contribution in [3.63, 3.8) is 0 Å². The van der Waals surface area contributed by atoms with Gasteiger partial charge in [0.15, 0.2) is 0 Å². The maximum absolute atomic E-state index is 11.0. The molecule has 0 aromatic heterocycles. The zero-order valence-electron chi connectivity index (χ0n) is 9.78. The first-order valence-electron chi connectivity index (χ1n) is 5.09. The summed E-state index contributed by atoms with van der Waals surface area (Å²) in [6.07, 6.45) is 0. The summed E-state index contributed by atoms with van der Waals surface area (Å²) < 4.78 is 5.18. The summed E-state index contributed by atoms with van der Waals surface area (Å²) in [4.78, 5) is 11.0. The summed E-state index contributed by atoms with van der Waals surface area (Å²) in [5, 5.41) is 9.06. The lowest BCUT2D eigenvalue weighted by molar-refractivity contribution is -0.138. The Kier molecular flexibility index (Phi) is 3.90. The van der Waals surface area contributed by atoms with Crippen LogP contribution in [0.2, 0.25) is 0 Å². The van der Waals surface area contributed by atoms with Gasteiger partial charge in [-0.3, -0.25) is 4.79 Å². The van der Waals surface area contributed by atoms with Crippen molar-refractivity contribution in [3.8, 4) is 5.75 Å². The Morgan fingerprint density at radius 3 is 2.50 bits per heavy atom. The Labute approximate surface area is 95.0 Å². The predicted octanol–water partition coefficient (Wildman–Crippen LogP) is 1.44. The van der Waals surface area contributed by atoms with Crippen molar-refractivity contribution in [1.29, 1.82) is 0 Å². The molecule has 0 aliphatic rings. The molecule has 1 aromatic carbocycles. The Morgan fingerprint density at radius 1 is 1.44 bits per heavy atom. The Balaban J connectivity index is 3.25. The number of nitrogens with two attached hydrogens (primary N) is 1. The lowest BCUT2D eigenvalue weighted by Crippen LogP contribution is -2.22. The predicted molar refractivity (Wildman–Crippen MR) is 61.9 cm³/mol. The fourth-order valence-corrected chi connectivity index (χ4v) is 1.78. The molecule has 0 aliphatic carbocycles. The van der Waals surface area contributed by atoms with Crippen molar-refractivity contribution < 1.29 is 14.6 Å². The van der Waals surface area contributed by atoms with Crippen LogP contribution < -0.4 is 10.5 Å². The third-order valence-corrected chi connectivity index (χ3v) is 2.91. The van der Waals surface area contributed by atoms with E-state index in [1.54, 1.807) is 19.2 Å². The van der Waals surface area contributed by atoms with Gasteiger partial charge >= 0.3 is 5.97 Å². The normalized spacial score (nSPS) is 12.2. The molecule has 0 radical (unpaired) electrons. The monoisotopic (exact) mass is 223 g/mol. The van der Waals surface area contributed by atoms with Crippen molar-refractivity contribution in [3.05, 3.63) is 28.8 Å². The van der Waals surface area contributed by atoms with Crippen LogP contribution in [0.1, 0.15) is 22.6 Å². The molecule has 1 aromatic rings. The molecule has 0 spiro atoms. The van der Waals surface area contributed by atoms with E-state index in [-0.39, 0.29) is 6.54 Å². The zero-order chi connectivity index (χ0) is 12.3. The van der Waals surface area contributed by atoms with E-state index in [0.717, 1.165) is 22.4 Å². The zero-order valence-corrected chi connectivity index (χ0v) is 9.78. The number of hydrogen-bond donors (Lipinski definition) is 2. The third-order valence-electron chi connectivity index (χ3n) is 2.91. The fourth-order valence-electron chi connectivity index (χ4n) is 1.78. The molecule has 0 bridgehead atoms. The number of carboxylic acids is 1. The molecule has 3 N–H and O–H groups in total. The summed E-state index contributed by atoms with van der Waals surface area (Å²) >= 11 is 0. The molecule has 1 atom stereocenters. The van der Waals surface area contributed by atoms with E-state index in [0.29, 0.717) is 0 Å². The Bertz CT molecular complexity index is 401. The van der Waals surface area contributed by atoms with E-state index in [4.69, 9.17) is 15.6 Å². The standard InChI is InChI=1S/C12H17NO3/c1-7-8(2)11(16-3)5-4-9(7)10(6-13)12(14)15/h4-5,10H,6,13H2,1-3H3,(H,14,15). The van der Waals surface area contributed by atoms with Crippen LogP contribution in [0.4, 0.5) is 0 Å². The second-order valence-electron chi connectivity index (χ2n) is 3.73. The van der Waals surface area contributed by atoms with Gasteiger partial charge < -0.3 is 15.6 Å². The van der Waals surface area contributed by atoms with Crippen molar-refractivity contribution >= 4 is 5.97 Å². The first-order chi connectivity index (χ1) is 7.52. The molecule has 0 fully saturated rings. The molecule has 16 heavy (non-hydrogen) atoms. The Morgan fingerprint density at radius 2 is 2.06 bits per heavy atom. The summed E-state index contributed by atoms with van der Waals surface area (Å²) in [5.74, 6) is -0.776. The minimum Gasteiger partial charge on any atom is -0.496 e. The highest BCUT2D eigenvalue weighted by Crippen LogP contribution is 2.28. The summed E-state index contributed by atoms with van der Waals surface area (Å²) in [6, 6.07) is 3.55. The van der Waals surface area contributed by atoms with Crippen molar-refractivity contribution in [2.24, 2.45) is 5.73 Å².